The van der Waals surface area contributed by atoms with Gasteiger partial charge in [-0.1, -0.05) is 52.0 Å². The fourth-order valence-corrected chi connectivity index (χ4v) is 3.01. The van der Waals surface area contributed by atoms with Crippen molar-refractivity contribution >= 4 is 50.3 Å². The minimum atomic E-state index is -0.170. The van der Waals surface area contributed by atoms with Gasteiger partial charge in [0.2, 0.25) is 0 Å². The molecule has 1 heterocycles. The first-order valence-corrected chi connectivity index (χ1v) is 9.06. The van der Waals surface area contributed by atoms with Gasteiger partial charge in [0.05, 0.1) is 22.5 Å². The van der Waals surface area contributed by atoms with Crippen LogP contribution in [-0.2, 0) is 4.79 Å². The van der Waals surface area contributed by atoms with Gasteiger partial charge in [0.1, 0.15) is 0 Å². The lowest BCUT2D eigenvalue weighted by molar-refractivity contribution is -0.118. The first-order valence-electron chi connectivity index (χ1n) is 7.28. The summed E-state index contributed by atoms with van der Waals surface area (Å²) in [6.45, 7) is 1.86. The second-order valence-corrected chi connectivity index (χ2v) is 6.97. The largest absolute Gasteiger partial charge is 0.333 e. The monoisotopic (exact) mass is 402 g/mol. The molecule has 24 heavy (non-hydrogen) atoms. The molecule has 2 aromatic carbocycles. The number of aromatic nitrogens is 2. The molecule has 1 amide bonds. The molecule has 7 heteroatoms. The number of amides is 1. The first kappa shape index (κ1) is 16.7. The van der Waals surface area contributed by atoms with Crippen molar-refractivity contribution in [1.82, 2.24) is 15.4 Å². The molecule has 0 aliphatic heterocycles. The van der Waals surface area contributed by atoms with Crippen LogP contribution in [0.1, 0.15) is 12.5 Å². The minimum Gasteiger partial charge on any atom is -0.333 e. The number of hydrogen-bond donors (Lipinski definition) is 2. The van der Waals surface area contributed by atoms with Crippen LogP contribution in [0.4, 0.5) is 0 Å². The van der Waals surface area contributed by atoms with E-state index in [2.05, 4.69) is 36.4 Å². The van der Waals surface area contributed by atoms with Crippen molar-refractivity contribution in [2.75, 3.05) is 5.75 Å². The molecule has 122 valence electrons. The molecule has 0 saturated heterocycles. The van der Waals surface area contributed by atoms with Gasteiger partial charge in [-0.05, 0) is 36.8 Å². The van der Waals surface area contributed by atoms with Gasteiger partial charge in [-0.15, -0.1) is 0 Å². The lowest BCUT2D eigenvalue weighted by Crippen LogP contribution is -2.21. The van der Waals surface area contributed by atoms with Crippen LogP contribution in [-0.4, -0.2) is 27.3 Å². The highest BCUT2D eigenvalue weighted by Gasteiger charge is 2.06. The lowest BCUT2D eigenvalue weighted by atomic mass is 10.1. The molecule has 0 unspecified atom stereocenters. The molecule has 0 radical (unpaired) electrons. The van der Waals surface area contributed by atoms with Crippen LogP contribution in [0.25, 0.3) is 11.0 Å². The van der Waals surface area contributed by atoms with E-state index in [1.54, 1.807) is 0 Å². The summed E-state index contributed by atoms with van der Waals surface area (Å²) in [5.74, 6) is 0.0774. The van der Waals surface area contributed by atoms with Crippen molar-refractivity contribution < 1.29 is 4.79 Å². The van der Waals surface area contributed by atoms with Crippen LogP contribution in [0, 0.1) is 0 Å². The number of thioether (sulfide) groups is 1. The standard InChI is InChI=1S/C17H15BrN4OS/c1-11(12-6-8-13(18)9-7-12)21-22-16(23)10-24-17-19-14-4-2-3-5-15(14)20-17/h2-9H,10H2,1H3,(H,19,20)(H,22,23)/b21-11-. The van der Waals surface area contributed by atoms with Crippen LogP contribution in [0.3, 0.4) is 0 Å². The van der Waals surface area contributed by atoms with E-state index in [-0.39, 0.29) is 11.7 Å². The van der Waals surface area contributed by atoms with Crippen molar-refractivity contribution in [2.24, 2.45) is 5.10 Å². The summed E-state index contributed by atoms with van der Waals surface area (Å²) in [5.41, 5.74) is 6.15. The molecule has 1 aromatic heterocycles. The smallest absolute Gasteiger partial charge is 0.250 e. The van der Waals surface area contributed by atoms with E-state index in [1.165, 1.54) is 11.8 Å². The zero-order valence-corrected chi connectivity index (χ0v) is 15.3. The Morgan fingerprint density at radius 2 is 2.00 bits per heavy atom. The maximum absolute atomic E-state index is 11.9. The number of rotatable bonds is 5. The van der Waals surface area contributed by atoms with E-state index in [9.17, 15) is 4.79 Å². The van der Waals surface area contributed by atoms with E-state index < -0.39 is 0 Å². The summed E-state index contributed by atoms with van der Waals surface area (Å²) >= 11 is 4.74. The highest BCUT2D eigenvalue weighted by Crippen LogP contribution is 2.18. The maximum atomic E-state index is 11.9. The Kier molecular flexibility index (Phi) is 5.32. The topological polar surface area (TPSA) is 70.1 Å². The third-order valence-electron chi connectivity index (χ3n) is 3.32. The van der Waals surface area contributed by atoms with Gasteiger partial charge in [0.15, 0.2) is 5.16 Å². The number of fused-ring (bicyclic) bond motifs is 1. The number of aromatic amines is 1. The third-order valence-corrected chi connectivity index (χ3v) is 4.72. The number of nitrogens with one attached hydrogen (secondary N) is 2. The molecule has 0 spiro atoms. The Morgan fingerprint density at radius 3 is 2.75 bits per heavy atom. The van der Waals surface area contributed by atoms with Crippen LogP contribution < -0.4 is 5.43 Å². The molecule has 0 aliphatic carbocycles. The number of carbonyl (C=O) groups excluding carboxylic acids is 1. The lowest BCUT2D eigenvalue weighted by Gasteiger charge is -2.02. The number of para-hydroxylation sites is 2. The zero-order chi connectivity index (χ0) is 16.9. The van der Waals surface area contributed by atoms with E-state index in [0.29, 0.717) is 0 Å². The highest BCUT2D eigenvalue weighted by molar-refractivity contribution is 9.10. The van der Waals surface area contributed by atoms with Gasteiger partial charge in [-0.25, -0.2) is 10.4 Å². The Bertz CT molecular complexity index is 856. The summed E-state index contributed by atoms with van der Waals surface area (Å²) in [6, 6.07) is 15.5. The fourth-order valence-electron chi connectivity index (χ4n) is 2.07. The van der Waals surface area contributed by atoms with Gasteiger partial charge in [-0.2, -0.15) is 5.10 Å². The second-order valence-electron chi connectivity index (χ2n) is 5.09. The molecular formula is C17H15BrN4OS. The summed E-state index contributed by atoms with van der Waals surface area (Å²) < 4.78 is 1.00. The summed E-state index contributed by atoms with van der Waals surface area (Å²) in [4.78, 5) is 19.5. The van der Waals surface area contributed by atoms with E-state index in [4.69, 9.17) is 0 Å². The van der Waals surface area contributed by atoms with Crippen LogP contribution >= 0.6 is 27.7 Å². The number of imidazole rings is 1. The number of halogens is 1. The van der Waals surface area contributed by atoms with E-state index in [0.717, 1.165) is 31.9 Å². The van der Waals surface area contributed by atoms with Gasteiger partial charge in [0, 0.05) is 4.47 Å². The van der Waals surface area contributed by atoms with Gasteiger partial charge >= 0.3 is 0 Å². The SMILES string of the molecule is C/C(=N/NC(=O)CSc1nc2ccccc2[nH]1)c1ccc(Br)cc1. The predicted octanol–water partition coefficient (Wildman–Crippen LogP) is 3.96. The molecule has 0 atom stereocenters. The van der Waals surface area contributed by atoms with Crippen molar-refractivity contribution in [3.8, 4) is 0 Å². The van der Waals surface area contributed by atoms with Crippen LogP contribution in [0.2, 0.25) is 0 Å². The number of carbonyl (C=O) groups is 1. The van der Waals surface area contributed by atoms with E-state index in [1.807, 2.05) is 55.5 Å². The quantitative estimate of drug-likeness (QED) is 0.385. The van der Waals surface area contributed by atoms with Crippen molar-refractivity contribution in [3.05, 3.63) is 58.6 Å². The Hall–Kier alpha value is -2.12. The molecule has 0 bridgehead atoms. The number of hydrogen-bond acceptors (Lipinski definition) is 4. The first-order chi connectivity index (χ1) is 11.6. The molecular weight excluding hydrogens is 388 g/mol. The molecule has 0 aliphatic rings. The molecule has 3 aromatic rings. The summed E-state index contributed by atoms with van der Waals surface area (Å²) in [6.07, 6.45) is 0. The van der Waals surface area contributed by atoms with E-state index >= 15 is 0 Å². The Labute approximate surface area is 152 Å². The molecule has 0 fully saturated rings. The Morgan fingerprint density at radius 1 is 1.25 bits per heavy atom. The average Bonchev–Trinajstić information content (AvgIpc) is 3.01. The fraction of sp³-hybridized carbons (Fsp3) is 0.118. The number of benzene rings is 2. The average molecular weight is 403 g/mol. The van der Waals surface area contributed by atoms with Crippen LogP contribution in [0.5, 0.6) is 0 Å². The molecule has 0 saturated carbocycles. The van der Waals surface area contributed by atoms with Crippen molar-refractivity contribution in [3.63, 3.8) is 0 Å². The highest BCUT2D eigenvalue weighted by atomic mass is 79.9. The normalized spacial score (nSPS) is 11.7. The third kappa shape index (κ3) is 4.24. The molecule has 2 N–H and O–H groups in total. The van der Waals surface area contributed by atoms with Gasteiger partial charge in [-0.3, -0.25) is 4.79 Å². The maximum Gasteiger partial charge on any atom is 0.250 e. The van der Waals surface area contributed by atoms with Gasteiger partial charge in [0.25, 0.3) is 5.91 Å². The van der Waals surface area contributed by atoms with Crippen LogP contribution in [0.15, 0.2) is 63.3 Å². The number of hydrazone groups is 1. The predicted molar refractivity (Wildman–Crippen MR) is 101 cm³/mol. The number of nitrogens with zero attached hydrogens (tertiary/aromatic N) is 2. The molecule has 5 nitrogen and oxygen atoms in total. The Balaban J connectivity index is 1.55. The second kappa shape index (κ2) is 7.63. The zero-order valence-electron chi connectivity index (χ0n) is 12.9. The number of H-pyrrole nitrogens is 1. The minimum absolute atomic E-state index is 0.170. The van der Waals surface area contributed by atoms with Crippen molar-refractivity contribution in [2.45, 2.75) is 12.1 Å². The molecule has 3 rings (SSSR count). The van der Waals surface area contributed by atoms with Gasteiger partial charge < -0.3 is 4.98 Å². The summed E-state index contributed by atoms with van der Waals surface area (Å²) in [7, 11) is 0. The van der Waals surface area contributed by atoms with Crippen molar-refractivity contribution in [1.29, 1.82) is 0 Å². The summed E-state index contributed by atoms with van der Waals surface area (Å²) in [5, 5.41) is 4.86.